The van der Waals surface area contributed by atoms with Crippen LogP contribution in [0.1, 0.15) is 24.2 Å². The standard InChI is InChI=1S/C15H21NO2S/c1-3-16-7-8-18-14(10-16)11-19-15-6-4-5-13(9-15)12(2)17/h4-6,9,14H,3,7-8,10-11H2,1-2H3. The fraction of sp³-hybridized carbons (Fsp3) is 0.533. The average molecular weight is 279 g/mol. The Morgan fingerprint density at radius 2 is 2.37 bits per heavy atom. The highest BCUT2D eigenvalue weighted by atomic mass is 32.2. The van der Waals surface area contributed by atoms with Crippen molar-refractivity contribution in [3.8, 4) is 0 Å². The number of rotatable bonds is 5. The Bertz CT molecular complexity index is 436. The van der Waals surface area contributed by atoms with E-state index in [1.54, 1.807) is 18.7 Å². The van der Waals surface area contributed by atoms with E-state index in [9.17, 15) is 4.79 Å². The van der Waals surface area contributed by atoms with E-state index in [0.717, 1.165) is 42.5 Å². The van der Waals surface area contributed by atoms with Crippen LogP contribution >= 0.6 is 11.8 Å². The first kappa shape index (κ1) is 14.6. The Morgan fingerprint density at radius 1 is 1.53 bits per heavy atom. The summed E-state index contributed by atoms with van der Waals surface area (Å²) >= 11 is 1.77. The molecule has 0 aromatic heterocycles. The molecule has 104 valence electrons. The maximum Gasteiger partial charge on any atom is 0.159 e. The quantitative estimate of drug-likeness (QED) is 0.612. The molecule has 1 heterocycles. The molecule has 1 aliphatic rings. The van der Waals surface area contributed by atoms with E-state index in [0.29, 0.717) is 6.10 Å². The van der Waals surface area contributed by atoms with Gasteiger partial charge in [-0.1, -0.05) is 19.1 Å². The van der Waals surface area contributed by atoms with Gasteiger partial charge < -0.3 is 4.74 Å². The van der Waals surface area contributed by atoms with Crippen molar-refractivity contribution < 1.29 is 9.53 Å². The van der Waals surface area contributed by atoms with Gasteiger partial charge in [-0.2, -0.15) is 0 Å². The van der Waals surface area contributed by atoms with Gasteiger partial charge in [-0.25, -0.2) is 0 Å². The van der Waals surface area contributed by atoms with Crippen molar-refractivity contribution in [2.45, 2.75) is 24.8 Å². The fourth-order valence-electron chi connectivity index (χ4n) is 2.16. The molecule has 1 atom stereocenters. The predicted molar refractivity (Wildman–Crippen MR) is 79.0 cm³/mol. The zero-order valence-electron chi connectivity index (χ0n) is 11.6. The Hall–Kier alpha value is -0.840. The van der Waals surface area contributed by atoms with Crippen molar-refractivity contribution in [3.63, 3.8) is 0 Å². The van der Waals surface area contributed by atoms with Gasteiger partial charge in [0.05, 0.1) is 12.7 Å². The topological polar surface area (TPSA) is 29.5 Å². The molecule has 0 radical (unpaired) electrons. The van der Waals surface area contributed by atoms with E-state index < -0.39 is 0 Å². The lowest BCUT2D eigenvalue weighted by Crippen LogP contribution is -2.43. The van der Waals surface area contributed by atoms with E-state index in [2.05, 4.69) is 17.9 Å². The van der Waals surface area contributed by atoms with Gasteiger partial charge in [0.15, 0.2) is 5.78 Å². The number of benzene rings is 1. The van der Waals surface area contributed by atoms with Crippen LogP contribution in [0, 0.1) is 0 Å². The summed E-state index contributed by atoms with van der Waals surface area (Å²) in [4.78, 5) is 14.9. The summed E-state index contributed by atoms with van der Waals surface area (Å²) in [7, 11) is 0. The summed E-state index contributed by atoms with van der Waals surface area (Å²) in [6, 6.07) is 7.83. The molecule has 1 aromatic rings. The molecule has 0 amide bonds. The molecule has 0 saturated carbocycles. The van der Waals surface area contributed by atoms with E-state index in [1.807, 2.05) is 18.2 Å². The van der Waals surface area contributed by atoms with Gasteiger partial charge in [0, 0.05) is 29.3 Å². The number of nitrogens with zero attached hydrogens (tertiary/aromatic N) is 1. The van der Waals surface area contributed by atoms with Crippen LogP contribution in [0.25, 0.3) is 0 Å². The Morgan fingerprint density at radius 3 is 3.11 bits per heavy atom. The van der Waals surface area contributed by atoms with Crippen molar-refractivity contribution in [1.82, 2.24) is 4.90 Å². The molecule has 0 N–H and O–H groups in total. The normalized spacial score (nSPS) is 20.4. The molecule has 0 aliphatic carbocycles. The average Bonchev–Trinajstić information content (AvgIpc) is 2.45. The van der Waals surface area contributed by atoms with Crippen LogP contribution in [0.2, 0.25) is 0 Å². The van der Waals surface area contributed by atoms with Gasteiger partial charge in [-0.3, -0.25) is 9.69 Å². The van der Waals surface area contributed by atoms with Crippen LogP contribution < -0.4 is 0 Å². The maximum atomic E-state index is 11.3. The number of ether oxygens (including phenoxy) is 1. The molecular weight excluding hydrogens is 258 g/mol. The third kappa shape index (κ3) is 4.34. The minimum Gasteiger partial charge on any atom is -0.375 e. The number of likely N-dealkylation sites (N-methyl/N-ethyl adjacent to an activating group) is 1. The summed E-state index contributed by atoms with van der Waals surface area (Å²) in [6.45, 7) is 7.75. The summed E-state index contributed by atoms with van der Waals surface area (Å²) in [5.74, 6) is 1.06. The van der Waals surface area contributed by atoms with Crippen LogP contribution in [-0.2, 0) is 4.74 Å². The van der Waals surface area contributed by atoms with Gasteiger partial charge >= 0.3 is 0 Å². The highest BCUT2D eigenvalue weighted by molar-refractivity contribution is 7.99. The lowest BCUT2D eigenvalue weighted by atomic mass is 10.2. The summed E-state index contributed by atoms with van der Waals surface area (Å²) in [5, 5.41) is 0. The predicted octanol–water partition coefficient (Wildman–Crippen LogP) is 2.70. The SMILES string of the molecule is CCN1CCOC(CSc2cccc(C(C)=O)c2)C1. The van der Waals surface area contributed by atoms with Crippen LogP contribution in [0.15, 0.2) is 29.2 Å². The molecule has 1 aliphatic heterocycles. The highest BCUT2D eigenvalue weighted by Gasteiger charge is 2.19. The third-order valence-electron chi connectivity index (χ3n) is 3.35. The van der Waals surface area contributed by atoms with Gasteiger partial charge in [-0.05, 0) is 25.6 Å². The van der Waals surface area contributed by atoms with Crippen LogP contribution in [0.5, 0.6) is 0 Å². The van der Waals surface area contributed by atoms with Gasteiger partial charge in [0.2, 0.25) is 0 Å². The second-order valence-corrected chi connectivity index (χ2v) is 5.87. The number of morpholine rings is 1. The van der Waals surface area contributed by atoms with Crippen LogP contribution in [0.3, 0.4) is 0 Å². The monoisotopic (exact) mass is 279 g/mol. The van der Waals surface area contributed by atoms with Crippen molar-refractivity contribution in [2.75, 3.05) is 32.0 Å². The molecule has 1 unspecified atom stereocenters. The molecular formula is C15H21NO2S. The Kier molecular flexibility index (Phi) is 5.43. The van der Waals surface area contributed by atoms with E-state index in [4.69, 9.17) is 4.74 Å². The largest absolute Gasteiger partial charge is 0.375 e. The van der Waals surface area contributed by atoms with E-state index in [1.165, 1.54) is 0 Å². The van der Waals surface area contributed by atoms with E-state index >= 15 is 0 Å². The van der Waals surface area contributed by atoms with Crippen molar-refractivity contribution in [3.05, 3.63) is 29.8 Å². The zero-order valence-corrected chi connectivity index (χ0v) is 12.4. The first-order chi connectivity index (χ1) is 9.19. The van der Waals surface area contributed by atoms with Gasteiger partial charge in [-0.15, -0.1) is 11.8 Å². The number of Topliss-reactive ketones (excluding diaryl/α,β-unsaturated/α-hetero) is 1. The first-order valence-electron chi connectivity index (χ1n) is 6.76. The van der Waals surface area contributed by atoms with Gasteiger partial charge in [0.1, 0.15) is 0 Å². The minimum atomic E-state index is 0.119. The Balaban J connectivity index is 1.88. The lowest BCUT2D eigenvalue weighted by molar-refractivity contribution is -0.0137. The molecule has 2 rings (SSSR count). The van der Waals surface area contributed by atoms with Crippen LogP contribution in [0.4, 0.5) is 0 Å². The number of thioether (sulfide) groups is 1. The number of hydrogen-bond acceptors (Lipinski definition) is 4. The molecule has 1 saturated heterocycles. The summed E-state index contributed by atoms with van der Waals surface area (Å²) in [5.41, 5.74) is 0.782. The fourth-order valence-corrected chi connectivity index (χ4v) is 3.13. The first-order valence-corrected chi connectivity index (χ1v) is 7.75. The van der Waals surface area contributed by atoms with Crippen molar-refractivity contribution in [2.24, 2.45) is 0 Å². The second kappa shape index (κ2) is 7.08. The van der Waals surface area contributed by atoms with Crippen LogP contribution in [-0.4, -0.2) is 48.8 Å². The lowest BCUT2D eigenvalue weighted by Gasteiger charge is -2.31. The number of ketones is 1. The molecule has 0 bridgehead atoms. The minimum absolute atomic E-state index is 0.119. The second-order valence-electron chi connectivity index (χ2n) is 4.78. The molecule has 4 heteroatoms. The van der Waals surface area contributed by atoms with Crippen molar-refractivity contribution >= 4 is 17.5 Å². The highest BCUT2D eigenvalue weighted by Crippen LogP contribution is 2.22. The summed E-state index contributed by atoms with van der Waals surface area (Å²) < 4.78 is 5.78. The Labute approximate surface area is 119 Å². The third-order valence-corrected chi connectivity index (χ3v) is 4.47. The molecule has 0 spiro atoms. The maximum absolute atomic E-state index is 11.3. The van der Waals surface area contributed by atoms with Gasteiger partial charge in [0.25, 0.3) is 0 Å². The van der Waals surface area contributed by atoms with E-state index in [-0.39, 0.29) is 5.78 Å². The number of carbonyl (C=O) groups is 1. The molecule has 3 nitrogen and oxygen atoms in total. The molecule has 19 heavy (non-hydrogen) atoms. The summed E-state index contributed by atoms with van der Waals surface area (Å²) in [6.07, 6.45) is 0.291. The molecule has 1 aromatic carbocycles. The number of carbonyl (C=O) groups excluding carboxylic acids is 1. The zero-order chi connectivity index (χ0) is 13.7. The van der Waals surface area contributed by atoms with Crippen molar-refractivity contribution in [1.29, 1.82) is 0 Å². The molecule has 1 fully saturated rings. The number of hydrogen-bond donors (Lipinski definition) is 0. The smallest absolute Gasteiger partial charge is 0.159 e.